The molecule has 3 aromatic carbocycles. The first-order valence-corrected chi connectivity index (χ1v) is 11.0. The Balaban J connectivity index is 1.78. The van der Waals surface area contributed by atoms with E-state index in [9.17, 15) is 9.59 Å². The summed E-state index contributed by atoms with van der Waals surface area (Å²) in [6, 6.07) is 22.0. The maximum atomic E-state index is 13.6. The summed E-state index contributed by atoms with van der Waals surface area (Å²) < 4.78 is 10.7. The van der Waals surface area contributed by atoms with Gasteiger partial charge >= 0.3 is 0 Å². The van der Waals surface area contributed by atoms with Crippen LogP contribution in [0.3, 0.4) is 0 Å². The van der Waals surface area contributed by atoms with Gasteiger partial charge in [-0.2, -0.15) is 0 Å². The molecule has 34 heavy (non-hydrogen) atoms. The third-order valence-electron chi connectivity index (χ3n) is 5.76. The molecule has 2 amide bonds. The van der Waals surface area contributed by atoms with E-state index in [2.05, 4.69) is 26.1 Å². The Hall–Kier alpha value is -4.06. The van der Waals surface area contributed by atoms with Crippen LogP contribution in [-0.4, -0.2) is 26.0 Å². The predicted octanol–water partition coefficient (Wildman–Crippen LogP) is 5.40. The first-order chi connectivity index (χ1) is 16.2. The molecule has 0 saturated heterocycles. The monoisotopic (exact) mass is 456 g/mol. The fourth-order valence-electron chi connectivity index (χ4n) is 3.89. The lowest BCUT2D eigenvalue weighted by Gasteiger charge is -2.21. The van der Waals surface area contributed by atoms with Crippen LogP contribution in [-0.2, 0) is 15.0 Å². The van der Waals surface area contributed by atoms with Gasteiger partial charge in [0.15, 0.2) is 0 Å². The highest BCUT2D eigenvalue weighted by Crippen LogP contribution is 2.36. The average molecular weight is 457 g/mol. The molecule has 6 nitrogen and oxygen atoms in total. The second kappa shape index (κ2) is 9.06. The van der Waals surface area contributed by atoms with Gasteiger partial charge in [-0.15, -0.1) is 0 Å². The number of amides is 2. The highest BCUT2D eigenvalue weighted by molar-refractivity contribution is 6.46. The number of nitrogens with one attached hydrogen (secondary N) is 1. The molecule has 6 heteroatoms. The van der Waals surface area contributed by atoms with Crippen LogP contribution in [0.25, 0.3) is 5.57 Å². The Bertz CT molecular complexity index is 1230. The molecule has 0 bridgehead atoms. The van der Waals surface area contributed by atoms with Gasteiger partial charge in [-0.3, -0.25) is 9.59 Å². The fraction of sp³-hybridized carbons (Fsp3) is 0.214. The number of methoxy groups -OCH3 is 2. The molecule has 0 spiro atoms. The molecule has 0 radical (unpaired) electrons. The number of anilines is 2. The summed E-state index contributed by atoms with van der Waals surface area (Å²) in [5, 5.41) is 3.16. The minimum Gasteiger partial charge on any atom is -0.497 e. The topological polar surface area (TPSA) is 67.9 Å². The SMILES string of the molecule is COc1cc(NC2=C(c3ccccc3)C(=O)N(c3ccc(C(C)(C)C)cc3)C2=O)cc(OC)c1. The van der Waals surface area contributed by atoms with Crippen molar-refractivity contribution in [3.05, 3.63) is 89.6 Å². The van der Waals surface area contributed by atoms with E-state index in [-0.39, 0.29) is 17.0 Å². The van der Waals surface area contributed by atoms with Crippen molar-refractivity contribution in [2.24, 2.45) is 0 Å². The van der Waals surface area contributed by atoms with E-state index in [4.69, 9.17) is 9.47 Å². The number of benzene rings is 3. The summed E-state index contributed by atoms with van der Waals surface area (Å²) in [7, 11) is 3.11. The molecule has 1 N–H and O–H groups in total. The maximum absolute atomic E-state index is 13.6. The number of carbonyl (C=O) groups excluding carboxylic acids is 2. The number of ether oxygens (including phenoxy) is 2. The van der Waals surface area contributed by atoms with E-state index in [1.54, 1.807) is 32.4 Å². The van der Waals surface area contributed by atoms with Gasteiger partial charge in [0.05, 0.1) is 25.5 Å². The average Bonchev–Trinajstić information content (AvgIpc) is 3.07. The Labute approximate surface area is 199 Å². The minimum absolute atomic E-state index is 0.0385. The van der Waals surface area contributed by atoms with Gasteiger partial charge in [0, 0.05) is 23.9 Å². The third kappa shape index (κ3) is 4.39. The van der Waals surface area contributed by atoms with Crippen molar-refractivity contribution in [2.75, 3.05) is 24.4 Å². The van der Waals surface area contributed by atoms with E-state index in [0.29, 0.717) is 34.0 Å². The lowest BCUT2D eigenvalue weighted by Crippen LogP contribution is -2.32. The van der Waals surface area contributed by atoms with E-state index >= 15 is 0 Å². The van der Waals surface area contributed by atoms with Gasteiger partial charge in [-0.1, -0.05) is 63.2 Å². The summed E-state index contributed by atoms with van der Waals surface area (Å²) in [6.07, 6.45) is 0. The summed E-state index contributed by atoms with van der Waals surface area (Å²) in [5.41, 5.74) is 3.35. The fourth-order valence-corrected chi connectivity index (χ4v) is 3.89. The smallest absolute Gasteiger partial charge is 0.282 e. The van der Waals surface area contributed by atoms with Crippen LogP contribution in [0.4, 0.5) is 11.4 Å². The van der Waals surface area contributed by atoms with Gasteiger partial charge in [0.1, 0.15) is 17.2 Å². The maximum Gasteiger partial charge on any atom is 0.282 e. The molecule has 1 heterocycles. The van der Waals surface area contributed by atoms with Gasteiger partial charge in [-0.25, -0.2) is 4.90 Å². The standard InChI is InChI=1S/C28H28N2O4/c1-28(2,3)19-11-13-21(14-12-19)30-26(31)24(18-9-7-6-8-10-18)25(27(30)32)29-20-15-22(33-4)17-23(16-20)34-5/h6-17,29H,1-5H3. The molecule has 4 rings (SSSR count). The van der Waals surface area contributed by atoms with Gasteiger partial charge in [0.25, 0.3) is 11.8 Å². The first-order valence-electron chi connectivity index (χ1n) is 11.0. The molecule has 0 aromatic heterocycles. The van der Waals surface area contributed by atoms with Crippen LogP contribution in [0.2, 0.25) is 0 Å². The Morgan fingerprint density at radius 1 is 0.765 bits per heavy atom. The quantitative estimate of drug-likeness (QED) is 0.503. The molecule has 0 atom stereocenters. The normalized spacial score (nSPS) is 14.0. The van der Waals surface area contributed by atoms with E-state index in [1.165, 1.54) is 4.90 Å². The zero-order valence-corrected chi connectivity index (χ0v) is 20.0. The highest BCUT2D eigenvalue weighted by Gasteiger charge is 2.40. The van der Waals surface area contributed by atoms with Crippen molar-refractivity contribution in [2.45, 2.75) is 26.2 Å². The minimum atomic E-state index is -0.422. The van der Waals surface area contributed by atoms with Crippen molar-refractivity contribution < 1.29 is 19.1 Å². The second-order valence-corrected chi connectivity index (χ2v) is 9.08. The summed E-state index contributed by atoms with van der Waals surface area (Å²) in [5.74, 6) is 0.330. The molecule has 1 aliphatic heterocycles. The first kappa shape index (κ1) is 23.1. The molecule has 0 fully saturated rings. The van der Waals surface area contributed by atoms with Crippen LogP contribution in [0.5, 0.6) is 11.5 Å². The molecule has 3 aromatic rings. The van der Waals surface area contributed by atoms with Crippen LogP contribution in [0.1, 0.15) is 31.9 Å². The van der Waals surface area contributed by atoms with E-state index in [1.807, 2.05) is 54.6 Å². The van der Waals surface area contributed by atoms with Crippen molar-refractivity contribution in [3.8, 4) is 11.5 Å². The number of nitrogens with zero attached hydrogens (tertiary/aromatic N) is 1. The molecule has 0 unspecified atom stereocenters. The predicted molar refractivity (Wildman–Crippen MR) is 134 cm³/mol. The van der Waals surface area contributed by atoms with Crippen LogP contribution in [0, 0.1) is 0 Å². The van der Waals surface area contributed by atoms with Crippen LogP contribution >= 0.6 is 0 Å². The van der Waals surface area contributed by atoms with Gasteiger partial charge in [0.2, 0.25) is 0 Å². The van der Waals surface area contributed by atoms with Crippen LogP contribution in [0.15, 0.2) is 78.5 Å². The van der Waals surface area contributed by atoms with Crippen molar-refractivity contribution in [1.82, 2.24) is 0 Å². The summed E-state index contributed by atoms with van der Waals surface area (Å²) >= 11 is 0. The number of imide groups is 1. The third-order valence-corrected chi connectivity index (χ3v) is 5.76. The Kier molecular flexibility index (Phi) is 6.16. The van der Waals surface area contributed by atoms with Crippen molar-refractivity contribution in [3.63, 3.8) is 0 Å². The number of hydrogen-bond donors (Lipinski definition) is 1. The van der Waals surface area contributed by atoms with E-state index in [0.717, 1.165) is 5.56 Å². The van der Waals surface area contributed by atoms with Crippen LogP contribution < -0.4 is 19.7 Å². The molecule has 1 aliphatic rings. The van der Waals surface area contributed by atoms with E-state index < -0.39 is 5.91 Å². The molecular formula is C28H28N2O4. The largest absolute Gasteiger partial charge is 0.497 e. The zero-order valence-electron chi connectivity index (χ0n) is 20.0. The summed E-state index contributed by atoms with van der Waals surface area (Å²) in [6.45, 7) is 6.36. The Morgan fingerprint density at radius 3 is 1.88 bits per heavy atom. The molecule has 174 valence electrons. The lowest BCUT2D eigenvalue weighted by molar-refractivity contribution is -0.120. The van der Waals surface area contributed by atoms with Gasteiger partial charge < -0.3 is 14.8 Å². The second-order valence-electron chi connectivity index (χ2n) is 9.08. The number of rotatable bonds is 6. The zero-order chi connectivity index (χ0) is 24.5. The molecular weight excluding hydrogens is 428 g/mol. The van der Waals surface area contributed by atoms with Crippen molar-refractivity contribution in [1.29, 1.82) is 0 Å². The van der Waals surface area contributed by atoms with Crippen molar-refractivity contribution >= 4 is 28.8 Å². The number of hydrogen-bond acceptors (Lipinski definition) is 5. The lowest BCUT2D eigenvalue weighted by atomic mass is 9.87. The Morgan fingerprint density at radius 2 is 1.35 bits per heavy atom. The highest BCUT2D eigenvalue weighted by atomic mass is 16.5. The summed E-state index contributed by atoms with van der Waals surface area (Å²) in [4.78, 5) is 28.4. The van der Waals surface area contributed by atoms with Gasteiger partial charge in [-0.05, 0) is 28.7 Å². The molecule has 0 saturated carbocycles. The number of carbonyl (C=O) groups is 2. The molecule has 0 aliphatic carbocycles.